The van der Waals surface area contributed by atoms with E-state index in [1.807, 2.05) is 48.5 Å². The SMILES string of the molecule is COc1cc(CNC(=O)/C=C/C=C/c2ccc3c(c2)OCO3)ccc1OCc1cn(-c2ccc(Cl)cc2)nn1. The smallest absolute Gasteiger partial charge is 0.244 e. The molecular weight excluding hydrogens is 520 g/mol. The van der Waals surface area contributed by atoms with Crippen LogP contribution in [-0.2, 0) is 17.9 Å². The van der Waals surface area contributed by atoms with Crippen molar-refractivity contribution in [3.8, 4) is 28.7 Å². The van der Waals surface area contributed by atoms with E-state index in [2.05, 4.69) is 15.6 Å². The minimum Gasteiger partial charge on any atom is -0.493 e. The van der Waals surface area contributed by atoms with E-state index in [1.54, 1.807) is 48.3 Å². The number of nitrogens with one attached hydrogen (secondary N) is 1. The Morgan fingerprint density at radius 3 is 2.74 bits per heavy atom. The second-order valence-corrected chi connectivity index (χ2v) is 8.89. The Hall–Kier alpha value is -4.76. The third kappa shape index (κ3) is 6.77. The van der Waals surface area contributed by atoms with Gasteiger partial charge in [0.05, 0.1) is 19.0 Å². The van der Waals surface area contributed by atoms with Gasteiger partial charge in [-0.25, -0.2) is 4.68 Å². The Labute approximate surface area is 230 Å². The Morgan fingerprint density at radius 1 is 1.05 bits per heavy atom. The number of halogens is 1. The number of carbonyl (C=O) groups excluding carboxylic acids is 1. The lowest BCUT2D eigenvalue weighted by Crippen LogP contribution is -2.20. The molecule has 1 aliphatic rings. The van der Waals surface area contributed by atoms with Crippen molar-refractivity contribution in [1.82, 2.24) is 20.3 Å². The number of carbonyl (C=O) groups is 1. The van der Waals surface area contributed by atoms with Gasteiger partial charge in [-0.05, 0) is 59.7 Å². The zero-order chi connectivity index (χ0) is 27.0. The number of nitrogens with zero attached hydrogens (tertiary/aromatic N) is 3. The first kappa shape index (κ1) is 25.9. The van der Waals surface area contributed by atoms with Crippen LogP contribution >= 0.6 is 11.6 Å². The van der Waals surface area contributed by atoms with Crippen LogP contribution in [0.2, 0.25) is 5.02 Å². The van der Waals surface area contributed by atoms with Gasteiger partial charge in [0.2, 0.25) is 12.7 Å². The second kappa shape index (κ2) is 12.2. The Morgan fingerprint density at radius 2 is 1.90 bits per heavy atom. The molecule has 1 aliphatic heterocycles. The van der Waals surface area contributed by atoms with Crippen molar-refractivity contribution in [1.29, 1.82) is 0 Å². The first-order valence-corrected chi connectivity index (χ1v) is 12.4. The molecule has 0 spiro atoms. The topological polar surface area (TPSA) is 96.7 Å². The molecule has 3 aromatic carbocycles. The first-order chi connectivity index (χ1) is 19.1. The summed E-state index contributed by atoms with van der Waals surface area (Å²) >= 11 is 5.95. The van der Waals surface area contributed by atoms with E-state index >= 15 is 0 Å². The van der Waals surface area contributed by atoms with E-state index in [0.717, 1.165) is 22.6 Å². The van der Waals surface area contributed by atoms with Gasteiger partial charge in [-0.2, -0.15) is 0 Å². The van der Waals surface area contributed by atoms with Gasteiger partial charge in [0, 0.05) is 17.6 Å². The van der Waals surface area contributed by atoms with Crippen LogP contribution in [0, 0.1) is 0 Å². The predicted octanol–water partition coefficient (Wildman–Crippen LogP) is 5.12. The summed E-state index contributed by atoms with van der Waals surface area (Å²) in [5.74, 6) is 2.34. The van der Waals surface area contributed by atoms with Crippen molar-refractivity contribution in [2.75, 3.05) is 13.9 Å². The van der Waals surface area contributed by atoms with E-state index in [1.165, 1.54) is 6.08 Å². The van der Waals surface area contributed by atoms with Gasteiger partial charge < -0.3 is 24.3 Å². The minimum atomic E-state index is -0.214. The summed E-state index contributed by atoms with van der Waals surface area (Å²) < 4.78 is 23.7. The fourth-order valence-corrected chi connectivity index (χ4v) is 3.88. The largest absolute Gasteiger partial charge is 0.493 e. The first-order valence-electron chi connectivity index (χ1n) is 12.1. The molecule has 4 aromatic rings. The number of fused-ring (bicyclic) bond motifs is 1. The van der Waals surface area contributed by atoms with E-state index in [9.17, 15) is 4.79 Å². The molecule has 198 valence electrons. The molecule has 0 radical (unpaired) electrons. The lowest BCUT2D eigenvalue weighted by Gasteiger charge is -2.11. The van der Waals surface area contributed by atoms with Crippen LogP contribution in [-0.4, -0.2) is 34.8 Å². The third-order valence-corrected chi connectivity index (χ3v) is 6.00. The standard InChI is InChI=1S/C29H25ClN4O5/c1-36-27-15-21(16-31-29(35)5-3-2-4-20-6-12-26-28(14-20)39-19-38-26)7-13-25(27)37-18-23-17-34(33-32-23)24-10-8-22(30)9-11-24/h2-15,17H,16,18-19H2,1H3,(H,31,35)/b4-2+,5-3+. The third-order valence-electron chi connectivity index (χ3n) is 5.75. The summed E-state index contributed by atoms with van der Waals surface area (Å²) in [6.45, 7) is 0.783. The van der Waals surface area contributed by atoms with Gasteiger partial charge in [-0.15, -0.1) is 5.10 Å². The van der Waals surface area contributed by atoms with Crippen molar-refractivity contribution in [3.05, 3.63) is 107 Å². The van der Waals surface area contributed by atoms with Gasteiger partial charge in [0.1, 0.15) is 12.3 Å². The molecule has 1 amide bonds. The van der Waals surface area contributed by atoms with E-state index in [0.29, 0.717) is 34.5 Å². The quantitative estimate of drug-likeness (QED) is 0.218. The molecule has 0 fully saturated rings. The van der Waals surface area contributed by atoms with Crippen molar-refractivity contribution < 1.29 is 23.7 Å². The molecule has 0 bridgehead atoms. The highest BCUT2D eigenvalue weighted by Gasteiger charge is 2.12. The fraction of sp³-hybridized carbons (Fsp3) is 0.138. The van der Waals surface area contributed by atoms with Crippen LogP contribution in [0.15, 0.2) is 85.1 Å². The summed E-state index contributed by atoms with van der Waals surface area (Å²) in [5.41, 5.74) is 3.32. The molecule has 0 unspecified atom stereocenters. The number of allylic oxidation sites excluding steroid dienone is 2. The zero-order valence-electron chi connectivity index (χ0n) is 21.0. The maximum absolute atomic E-state index is 12.2. The van der Waals surface area contributed by atoms with Gasteiger partial charge in [-0.3, -0.25) is 4.79 Å². The average Bonchev–Trinajstić information content (AvgIpc) is 3.63. The number of hydrogen-bond donors (Lipinski definition) is 1. The van der Waals surface area contributed by atoms with Gasteiger partial charge in [0.15, 0.2) is 23.0 Å². The molecule has 1 aromatic heterocycles. The van der Waals surface area contributed by atoms with Gasteiger partial charge in [0.25, 0.3) is 0 Å². The summed E-state index contributed by atoms with van der Waals surface area (Å²) in [6.07, 6.45) is 8.61. The number of hydrogen-bond acceptors (Lipinski definition) is 7. The molecule has 0 atom stereocenters. The van der Waals surface area contributed by atoms with Crippen molar-refractivity contribution >= 4 is 23.6 Å². The number of aromatic nitrogens is 3. The van der Waals surface area contributed by atoms with Crippen LogP contribution in [0.4, 0.5) is 0 Å². The summed E-state index contributed by atoms with van der Waals surface area (Å²) in [4.78, 5) is 12.2. The number of rotatable bonds is 10. The lowest BCUT2D eigenvalue weighted by molar-refractivity contribution is -0.116. The predicted molar refractivity (Wildman–Crippen MR) is 146 cm³/mol. The lowest BCUT2D eigenvalue weighted by atomic mass is 10.2. The zero-order valence-corrected chi connectivity index (χ0v) is 21.8. The Kier molecular flexibility index (Phi) is 8.09. The molecule has 2 heterocycles. The molecule has 1 N–H and O–H groups in total. The van der Waals surface area contributed by atoms with Crippen LogP contribution in [0.1, 0.15) is 16.8 Å². The van der Waals surface area contributed by atoms with Gasteiger partial charge in [-0.1, -0.05) is 47.2 Å². The van der Waals surface area contributed by atoms with E-state index < -0.39 is 0 Å². The van der Waals surface area contributed by atoms with E-state index in [-0.39, 0.29) is 19.3 Å². The van der Waals surface area contributed by atoms with Crippen LogP contribution in [0.3, 0.4) is 0 Å². The highest BCUT2D eigenvalue weighted by Crippen LogP contribution is 2.33. The molecule has 9 nitrogen and oxygen atoms in total. The number of methoxy groups -OCH3 is 1. The maximum atomic E-state index is 12.2. The molecule has 0 aliphatic carbocycles. The summed E-state index contributed by atoms with van der Waals surface area (Å²) in [5, 5.41) is 11.8. The fourth-order valence-electron chi connectivity index (χ4n) is 3.75. The number of ether oxygens (including phenoxy) is 4. The normalized spacial score (nSPS) is 12.3. The molecule has 39 heavy (non-hydrogen) atoms. The van der Waals surface area contributed by atoms with Crippen molar-refractivity contribution in [2.45, 2.75) is 13.2 Å². The molecule has 10 heteroatoms. The molecule has 0 saturated heterocycles. The minimum absolute atomic E-state index is 0.213. The maximum Gasteiger partial charge on any atom is 0.244 e. The van der Waals surface area contributed by atoms with Crippen LogP contribution in [0.25, 0.3) is 11.8 Å². The van der Waals surface area contributed by atoms with Gasteiger partial charge >= 0.3 is 0 Å². The highest BCUT2D eigenvalue weighted by molar-refractivity contribution is 6.30. The Bertz CT molecular complexity index is 1510. The van der Waals surface area contributed by atoms with Crippen LogP contribution < -0.4 is 24.3 Å². The molecule has 0 saturated carbocycles. The Balaban J connectivity index is 1.11. The summed E-state index contributed by atoms with van der Waals surface area (Å²) in [7, 11) is 1.57. The molecular formula is C29H25ClN4O5. The highest BCUT2D eigenvalue weighted by atomic mass is 35.5. The number of amides is 1. The monoisotopic (exact) mass is 544 g/mol. The van der Waals surface area contributed by atoms with Crippen LogP contribution in [0.5, 0.6) is 23.0 Å². The van der Waals surface area contributed by atoms with Crippen molar-refractivity contribution in [3.63, 3.8) is 0 Å². The second-order valence-electron chi connectivity index (χ2n) is 8.45. The van der Waals surface area contributed by atoms with Crippen molar-refractivity contribution in [2.24, 2.45) is 0 Å². The average molecular weight is 545 g/mol. The number of benzene rings is 3. The summed E-state index contributed by atoms with van der Waals surface area (Å²) in [6, 6.07) is 18.5. The molecule has 5 rings (SSSR count). The van der Waals surface area contributed by atoms with E-state index in [4.69, 9.17) is 30.5 Å².